The second-order valence-corrected chi connectivity index (χ2v) is 4.85. The zero-order valence-electron chi connectivity index (χ0n) is 12.1. The number of fused-ring (bicyclic) bond motifs is 1. The minimum absolute atomic E-state index is 0.601. The average molecular weight is 267 g/mol. The molecule has 0 radical (unpaired) electrons. The Balaban J connectivity index is 2.37. The van der Waals surface area contributed by atoms with Crippen LogP contribution in [0.4, 0.5) is 5.95 Å². The van der Waals surface area contributed by atoms with Gasteiger partial charge in [-0.05, 0) is 38.5 Å². The lowest BCUT2D eigenvalue weighted by atomic mass is 10.2. The van der Waals surface area contributed by atoms with Crippen molar-refractivity contribution in [2.75, 3.05) is 12.4 Å². The van der Waals surface area contributed by atoms with E-state index < -0.39 is 0 Å². The summed E-state index contributed by atoms with van der Waals surface area (Å²) in [5.74, 6) is 1.41. The van der Waals surface area contributed by atoms with Crippen LogP contribution >= 0.6 is 0 Å². The number of anilines is 1. The molecule has 3 aromatic rings. The minimum Gasteiger partial charge on any atom is -0.357 e. The number of hydrogen-bond acceptors (Lipinski definition) is 4. The van der Waals surface area contributed by atoms with Gasteiger partial charge in [-0.1, -0.05) is 12.1 Å². The maximum Gasteiger partial charge on any atom is 0.225 e. The molecule has 0 fully saturated rings. The van der Waals surface area contributed by atoms with Crippen LogP contribution in [0, 0.1) is 20.8 Å². The number of aromatic nitrogens is 4. The quantitative estimate of drug-likeness (QED) is 0.775. The van der Waals surface area contributed by atoms with Gasteiger partial charge in [-0.2, -0.15) is 10.1 Å². The molecule has 0 bridgehead atoms. The molecule has 0 saturated carbocycles. The predicted molar refractivity (Wildman–Crippen MR) is 80.4 cm³/mol. The van der Waals surface area contributed by atoms with Crippen LogP contribution in [0.25, 0.3) is 16.7 Å². The lowest BCUT2D eigenvalue weighted by molar-refractivity contribution is 0.811. The number of para-hydroxylation sites is 1. The van der Waals surface area contributed by atoms with Gasteiger partial charge in [-0.15, -0.1) is 0 Å². The molecule has 0 atom stereocenters. The highest BCUT2D eigenvalue weighted by Gasteiger charge is 2.14. The van der Waals surface area contributed by atoms with Crippen LogP contribution in [-0.4, -0.2) is 26.8 Å². The first kappa shape index (κ1) is 12.6. The summed E-state index contributed by atoms with van der Waals surface area (Å²) in [5.41, 5.74) is 4.23. The highest BCUT2D eigenvalue weighted by atomic mass is 15.3. The van der Waals surface area contributed by atoms with Crippen LogP contribution < -0.4 is 5.32 Å². The van der Waals surface area contributed by atoms with Gasteiger partial charge in [0.05, 0.1) is 11.2 Å². The molecule has 0 unspecified atom stereocenters. The Kier molecular flexibility index (Phi) is 2.89. The molecule has 0 aliphatic rings. The summed E-state index contributed by atoms with van der Waals surface area (Å²) in [6.07, 6.45) is 0. The molecular formula is C15H17N5. The fourth-order valence-electron chi connectivity index (χ4n) is 2.26. The molecule has 20 heavy (non-hydrogen) atoms. The Hall–Kier alpha value is -2.43. The number of hydrogen-bond donors (Lipinski definition) is 1. The molecule has 102 valence electrons. The molecule has 0 saturated heterocycles. The minimum atomic E-state index is 0.601. The second kappa shape index (κ2) is 4.59. The third-order valence-corrected chi connectivity index (χ3v) is 3.66. The SMILES string of the molecule is CNc1nc(-n2nc(C)c(C)c2C)c2ccccc2n1. The monoisotopic (exact) mass is 267 g/mol. The van der Waals surface area contributed by atoms with Crippen molar-refractivity contribution >= 4 is 16.9 Å². The van der Waals surface area contributed by atoms with Crippen molar-refractivity contribution in [3.63, 3.8) is 0 Å². The van der Waals surface area contributed by atoms with E-state index in [4.69, 9.17) is 0 Å². The van der Waals surface area contributed by atoms with E-state index in [1.54, 1.807) is 0 Å². The van der Waals surface area contributed by atoms with E-state index in [2.05, 4.69) is 34.2 Å². The molecule has 5 heteroatoms. The second-order valence-electron chi connectivity index (χ2n) is 4.85. The number of nitrogens with zero attached hydrogens (tertiary/aromatic N) is 4. The van der Waals surface area contributed by atoms with E-state index in [0.717, 1.165) is 28.1 Å². The maximum atomic E-state index is 4.60. The van der Waals surface area contributed by atoms with Gasteiger partial charge in [0.25, 0.3) is 0 Å². The van der Waals surface area contributed by atoms with Gasteiger partial charge in [0, 0.05) is 18.1 Å². The van der Waals surface area contributed by atoms with E-state index in [9.17, 15) is 0 Å². The van der Waals surface area contributed by atoms with Gasteiger partial charge in [-0.3, -0.25) is 0 Å². The van der Waals surface area contributed by atoms with E-state index in [1.165, 1.54) is 5.56 Å². The lowest BCUT2D eigenvalue weighted by Gasteiger charge is -2.09. The smallest absolute Gasteiger partial charge is 0.225 e. The summed E-state index contributed by atoms with van der Waals surface area (Å²) in [7, 11) is 1.82. The van der Waals surface area contributed by atoms with Crippen LogP contribution in [0.1, 0.15) is 17.0 Å². The Morgan fingerprint density at radius 2 is 1.80 bits per heavy atom. The first-order chi connectivity index (χ1) is 9.61. The van der Waals surface area contributed by atoms with Crippen molar-refractivity contribution in [1.82, 2.24) is 19.7 Å². The molecule has 0 spiro atoms. The number of aryl methyl sites for hydroxylation is 1. The zero-order valence-corrected chi connectivity index (χ0v) is 12.1. The molecule has 2 aromatic heterocycles. The normalized spacial score (nSPS) is 11.0. The lowest BCUT2D eigenvalue weighted by Crippen LogP contribution is -2.07. The highest BCUT2D eigenvalue weighted by molar-refractivity contribution is 5.86. The maximum absolute atomic E-state index is 4.60. The number of benzene rings is 1. The van der Waals surface area contributed by atoms with Crippen molar-refractivity contribution < 1.29 is 0 Å². The molecule has 1 aromatic carbocycles. The van der Waals surface area contributed by atoms with Crippen molar-refractivity contribution in [1.29, 1.82) is 0 Å². The van der Waals surface area contributed by atoms with E-state index in [0.29, 0.717) is 5.95 Å². The standard InChI is InChI=1S/C15H17N5/c1-9-10(2)19-20(11(9)3)14-12-7-5-6-8-13(12)17-15(16-4)18-14/h5-8H,1-4H3,(H,16,17,18). The summed E-state index contributed by atoms with van der Waals surface area (Å²) in [6.45, 7) is 6.16. The summed E-state index contributed by atoms with van der Waals surface area (Å²) in [4.78, 5) is 9.06. The van der Waals surface area contributed by atoms with Crippen molar-refractivity contribution in [2.24, 2.45) is 0 Å². The average Bonchev–Trinajstić information content (AvgIpc) is 2.73. The topological polar surface area (TPSA) is 55.6 Å². The van der Waals surface area contributed by atoms with Gasteiger partial charge < -0.3 is 5.32 Å². The first-order valence-corrected chi connectivity index (χ1v) is 6.59. The first-order valence-electron chi connectivity index (χ1n) is 6.59. The van der Waals surface area contributed by atoms with Gasteiger partial charge in [0.15, 0.2) is 5.82 Å². The molecule has 0 amide bonds. The molecule has 3 rings (SSSR count). The van der Waals surface area contributed by atoms with Crippen LogP contribution in [-0.2, 0) is 0 Å². The number of nitrogens with one attached hydrogen (secondary N) is 1. The Morgan fingerprint density at radius 1 is 1.05 bits per heavy atom. The number of rotatable bonds is 2. The fraction of sp³-hybridized carbons (Fsp3) is 0.267. The van der Waals surface area contributed by atoms with Crippen molar-refractivity contribution in [2.45, 2.75) is 20.8 Å². The molecule has 2 heterocycles. The van der Waals surface area contributed by atoms with Crippen LogP contribution in [0.5, 0.6) is 0 Å². The van der Waals surface area contributed by atoms with Gasteiger partial charge >= 0.3 is 0 Å². The largest absolute Gasteiger partial charge is 0.357 e. The highest BCUT2D eigenvalue weighted by Crippen LogP contribution is 2.23. The van der Waals surface area contributed by atoms with Crippen LogP contribution in [0.3, 0.4) is 0 Å². The predicted octanol–water partition coefficient (Wildman–Crippen LogP) is 2.78. The fourth-order valence-corrected chi connectivity index (χ4v) is 2.26. The molecule has 1 N–H and O–H groups in total. The summed E-state index contributed by atoms with van der Waals surface area (Å²) < 4.78 is 1.90. The van der Waals surface area contributed by atoms with Crippen LogP contribution in [0.2, 0.25) is 0 Å². The van der Waals surface area contributed by atoms with Gasteiger partial charge in [0.1, 0.15) is 0 Å². The van der Waals surface area contributed by atoms with Crippen molar-refractivity contribution in [3.8, 4) is 5.82 Å². The van der Waals surface area contributed by atoms with Crippen LogP contribution in [0.15, 0.2) is 24.3 Å². The Morgan fingerprint density at radius 3 is 2.45 bits per heavy atom. The van der Waals surface area contributed by atoms with Gasteiger partial charge in [0.2, 0.25) is 5.95 Å². The van der Waals surface area contributed by atoms with E-state index >= 15 is 0 Å². The summed E-state index contributed by atoms with van der Waals surface area (Å²) >= 11 is 0. The Labute approximate surface area is 117 Å². The summed E-state index contributed by atoms with van der Waals surface area (Å²) in [5, 5.41) is 8.61. The molecule has 5 nitrogen and oxygen atoms in total. The Bertz CT molecular complexity index is 788. The molecule has 0 aliphatic heterocycles. The third kappa shape index (κ3) is 1.82. The third-order valence-electron chi connectivity index (χ3n) is 3.66. The molecular weight excluding hydrogens is 250 g/mol. The van der Waals surface area contributed by atoms with E-state index in [1.807, 2.05) is 42.9 Å². The zero-order chi connectivity index (χ0) is 14.3. The van der Waals surface area contributed by atoms with Gasteiger partial charge in [-0.25, -0.2) is 9.67 Å². The van der Waals surface area contributed by atoms with E-state index in [-0.39, 0.29) is 0 Å². The molecule has 0 aliphatic carbocycles. The summed E-state index contributed by atoms with van der Waals surface area (Å²) in [6, 6.07) is 7.98. The van der Waals surface area contributed by atoms with Crippen molar-refractivity contribution in [3.05, 3.63) is 41.2 Å².